The van der Waals surface area contributed by atoms with Crippen molar-refractivity contribution < 1.29 is 13.9 Å². The quantitative estimate of drug-likeness (QED) is 0.457. The molecule has 136 valence electrons. The molecule has 27 heavy (non-hydrogen) atoms. The lowest BCUT2D eigenvalue weighted by Gasteiger charge is -2.04. The molecule has 3 heterocycles. The van der Waals surface area contributed by atoms with E-state index >= 15 is 0 Å². The highest BCUT2D eigenvalue weighted by molar-refractivity contribution is 9.10. The molecule has 0 aliphatic heterocycles. The number of ether oxygens (including phenoxy) is 1. The van der Waals surface area contributed by atoms with Crippen LogP contribution in [0.15, 0.2) is 56.4 Å². The van der Waals surface area contributed by atoms with Crippen molar-refractivity contribution in [2.45, 2.75) is 6.54 Å². The molecule has 0 aliphatic carbocycles. The lowest BCUT2D eigenvalue weighted by molar-refractivity contribution is 0.0563. The maximum absolute atomic E-state index is 12.7. The number of furan rings is 1. The van der Waals surface area contributed by atoms with Gasteiger partial charge in [0.15, 0.2) is 11.2 Å². The minimum Gasteiger partial charge on any atom is -0.463 e. The Bertz CT molecular complexity index is 1190. The van der Waals surface area contributed by atoms with Gasteiger partial charge in [-0.1, -0.05) is 21.1 Å². The fourth-order valence-electron chi connectivity index (χ4n) is 2.55. The van der Waals surface area contributed by atoms with E-state index in [9.17, 15) is 9.59 Å². The molecule has 4 aromatic rings. The highest BCUT2D eigenvalue weighted by Gasteiger charge is 2.15. The Labute approximate surface area is 160 Å². The van der Waals surface area contributed by atoms with Crippen molar-refractivity contribution in [3.8, 4) is 5.69 Å². The summed E-state index contributed by atoms with van der Waals surface area (Å²) in [7, 11) is 1.27. The van der Waals surface area contributed by atoms with Gasteiger partial charge in [0.1, 0.15) is 12.1 Å². The monoisotopic (exact) mass is 429 g/mol. The second kappa shape index (κ2) is 6.80. The van der Waals surface area contributed by atoms with Crippen LogP contribution in [0.4, 0.5) is 0 Å². The zero-order valence-corrected chi connectivity index (χ0v) is 15.6. The Morgan fingerprint density at radius 3 is 2.74 bits per heavy atom. The lowest BCUT2D eigenvalue weighted by Crippen LogP contribution is -2.21. The number of methoxy groups -OCH3 is 1. The van der Waals surface area contributed by atoms with Gasteiger partial charge < -0.3 is 9.15 Å². The largest absolute Gasteiger partial charge is 0.463 e. The van der Waals surface area contributed by atoms with Gasteiger partial charge in [-0.3, -0.25) is 9.36 Å². The number of benzene rings is 1. The van der Waals surface area contributed by atoms with Crippen molar-refractivity contribution >= 4 is 33.1 Å². The van der Waals surface area contributed by atoms with E-state index in [1.807, 2.05) is 24.3 Å². The molecule has 3 aromatic heterocycles. The number of hydrogen-bond acceptors (Lipinski definition) is 7. The van der Waals surface area contributed by atoms with E-state index in [0.717, 1.165) is 10.2 Å². The van der Waals surface area contributed by atoms with E-state index in [1.165, 1.54) is 28.8 Å². The Hall–Kier alpha value is -3.27. The van der Waals surface area contributed by atoms with Crippen molar-refractivity contribution in [1.29, 1.82) is 0 Å². The van der Waals surface area contributed by atoms with Gasteiger partial charge in [0.2, 0.25) is 5.76 Å². The number of carbonyl (C=O) groups excluding carboxylic acids is 1. The van der Waals surface area contributed by atoms with Gasteiger partial charge in [-0.2, -0.15) is 4.68 Å². The summed E-state index contributed by atoms with van der Waals surface area (Å²) in [4.78, 5) is 28.5. The van der Waals surface area contributed by atoms with Crippen LogP contribution in [0.5, 0.6) is 0 Å². The van der Waals surface area contributed by atoms with E-state index in [0.29, 0.717) is 11.4 Å². The van der Waals surface area contributed by atoms with Gasteiger partial charge in [-0.15, -0.1) is 5.10 Å². The zero-order valence-electron chi connectivity index (χ0n) is 14.0. The van der Waals surface area contributed by atoms with Gasteiger partial charge in [-0.05, 0) is 36.4 Å². The minimum absolute atomic E-state index is 0.0655. The van der Waals surface area contributed by atoms with Crippen LogP contribution in [0, 0.1) is 0 Å². The molecule has 0 amide bonds. The van der Waals surface area contributed by atoms with Crippen LogP contribution in [0.2, 0.25) is 0 Å². The molecule has 0 aliphatic rings. The van der Waals surface area contributed by atoms with Gasteiger partial charge >= 0.3 is 5.97 Å². The topological polar surface area (TPSA) is 105 Å². The van der Waals surface area contributed by atoms with Crippen LogP contribution in [-0.4, -0.2) is 37.6 Å². The highest BCUT2D eigenvalue weighted by Crippen LogP contribution is 2.16. The molecule has 0 unspecified atom stereocenters. The third kappa shape index (κ3) is 3.14. The van der Waals surface area contributed by atoms with Gasteiger partial charge in [0, 0.05) is 4.47 Å². The Balaban J connectivity index is 1.69. The molecule has 9 nitrogen and oxygen atoms in total. The smallest absolute Gasteiger partial charge is 0.373 e. The minimum atomic E-state index is -0.584. The number of halogens is 1. The predicted octanol–water partition coefficient (Wildman–Crippen LogP) is 2.17. The molecule has 0 N–H and O–H groups in total. The summed E-state index contributed by atoms with van der Waals surface area (Å²) < 4.78 is 13.7. The van der Waals surface area contributed by atoms with E-state index < -0.39 is 5.97 Å². The fraction of sp³-hybridized carbons (Fsp3) is 0.118. The lowest BCUT2D eigenvalue weighted by atomic mass is 10.3. The summed E-state index contributed by atoms with van der Waals surface area (Å²) in [5, 5.41) is 8.00. The summed E-state index contributed by atoms with van der Waals surface area (Å²) in [6.07, 6.45) is 1.39. The van der Waals surface area contributed by atoms with Crippen LogP contribution in [-0.2, 0) is 11.3 Å². The maximum atomic E-state index is 12.7. The Morgan fingerprint density at radius 2 is 2.00 bits per heavy atom. The molecule has 0 bridgehead atoms. The summed E-state index contributed by atoms with van der Waals surface area (Å²) in [5.41, 5.74) is 0.868. The Morgan fingerprint density at radius 1 is 1.22 bits per heavy atom. The predicted molar refractivity (Wildman–Crippen MR) is 97.8 cm³/mol. The summed E-state index contributed by atoms with van der Waals surface area (Å²) >= 11 is 3.37. The first kappa shape index (κ1) is 17.2. The molecule has 0 spiro atoms. The summed E-state index contributed by atoms with van der Waals surface area (Å²) in [6, 6.07) is 10.5. The van der Waals surface area contributed by atoms with Crippen LogP contribution >= 0.6 is 15.9 Å². The third-order valence-corrected chi connectivity index (χ3v) is 4.40. The first-order chi connectivity index (χ1) is 13.1. The SMILES string of the molecule is COC(=O)c1ccc(Cn2cnc3c(nnn3-c3ccc(Br)cc3)c2=O)o1. The standard InChI is InChI=1S/C17H12BrN5O4/c1-26-17(25)13-7-6-12(27-13)8-22-9-19-15-14(16(22)24)20-21-23(15)11-4-2-10(18)3-5-11/h2-7,9H,8H2,1H3. The van der Waals surface area contributed by atoms with Gasteiger partial charge in [-0.25, -0.2) is 9.78 Å². The molecule has 0 saturated carbocycles. The van der Waals surface area contributed by atoms with Gasteiger partial charge in [0.25, 0.3) is 5.56 Å². The van der Waals surface area contributed by atoms with Gasteiger partial charge in [0.05, 0.1) is 19.3 Å². The van der Waals surface area contributed by atoms with Crippen molar-refractivity contribution in [2.24, 2.45) is 0 Å². The molecule has 10 heteroatoms. The van der Waals surface area contributed by atoms with Crippen molar-refractivity contribution in [2.75, 3.05) is 7.11 Å². The molecule has 0 atom stereocenters. The Kier molecular flexibility index (Phi) is 4.32. The zero-order chi connectivity index (χ0) is 19.0. The second-order valence-corrected chi connectivity index (χ2v) is 6.50. The maximum Gasteiger partial charge on any atom is 0.373 e. The number of hydrogen-bond donors (Lipinski definition) is 0. The summed E-state index contributed by atoms with van der Waals surface area (Å²) in [5.74, 6) is -0.102. The first-order valence-corrected chi connectivity index (χ1v) is 8.60. The molecule has 1 aromatic carbocycles. The number of esters is 1. The second-order valence-electron chi connectivity index (χ2n) is 5.59. The van der Waals surface area contributed by atoms with Crippen LogP contribution in [0.3, 0.4) is 0 Å². The number of nitrogens with zero attached hydrogens (tertiary/aromatic N) is 5. The highest BCUT2D eigenvalue weighted by atomic mass is 79.9. The van der Waals surface area contributed by atoms with E-state index in [-0.39, 0.29) is 23.4 Å². The third-order valence-electron chi connectivity index (χ3n) is 3.88. The molecular formula is C17H12BrN5O4. The summed E-state index contributed by atoms with van der Waals surface area (Å²) in [6.45, 7) is 0.101. The molecule has 0 saturated heterocycles. The number of rotatable bonds is 4. The van der Waals surface area contributed by atoms with Crippen molar-refractivity contribution in [3.63, 3.8) is 0 Å². The number of aromatic nitrogens is 5. The van der Waals surface area contributed by atoms with Crippen molar-refractivity contribution in [3.05, 3.63) is 69.1 Å². The number of fused-ring (bicyclic) bond motifs is 1. The fourth-order valence-corrected chi connectivity index (χ4v) is 2.82. The average Bonchev–Trinajstić information content (AvgIpc) is 3.31. The van der Waals surface area contributed by atoms with E-state index in [1.54, 1.807) is 6.07 Å². The normalized spacial score (nSPS) is 11.0. The number of carbonyl (C=O) groups is 1. The van der Waals surface area contributed by atoms with E-state index in [4.69, 9.17) is 4.42 Å². The first-order valence-electron chi connectivity index (χ1n) is 7.80. The molecular weight excluding hydrogens is 418 g/mol. The van der Waals surface area contributed by atoms with Crippen LogP contribution in [0.1, 0.15) is 16.3 Å². The molecule has 0 fully saturated rings. The molecule has 0 radical (unpaired) electrons. The average molecular weight is 430 g/mol. The van der Waals surface area contributed by atoms with Crippen molar-refractivity contribution in [1.82, 2.24) is 24.5 Å². The van der Waals surface area contributed by atoms with Crippen LogP contribution < -0.4 is 5.56 Å². The molecule has 4 rings (SSSR count). The van der Waals surface area contributed by atoms with Crippen LogP contribution in [0.25, 0.3) is 16.9 Å². The van der Waals surface area contributed by atoms with E-state index in [2.05, 4.69) is 36.0 Å².